The first kappa shape index (κ1) is 36.9. The predicted molar refractivity (Wildman–Crippen MR) is 284 cm³/mol. The van der Waals surface area contributed by atoms with Gasteiger partial charge >= 0.3 is 0 Å². The molecule has 0 heterocycles. The van der Waals surface area contributed by atoms with Crippen LogP contribution < -0.4 is 0 Å². The van der Waals surface area contributed by atoms with E-state index in [1.165, 1.54) is 142 Å². The molecular formula is C66H40. The highest BCUT2D eigenvalue weighted by atomic mass is 14.3. The minimum Gasteiger partial charge on any atom is -0.0622 e. The Kier molecular flexibility index (Phi) is 8.08. The third-order valence-electron chi connectivity index (χ3n) is 14.4. The van der Waals surface area contributed by atoms with Gasteiger partial charge in [-0.3, -0.25) is 0 Å². The molecule has 14 rings (SSSR count). The maximum atomic E-state index is 2.50. The third-order valence-corrected chi connectivity index (χ3v) is 14.4. The van der Waals surface area contributed by atoms with Crippen LogP contribution in [0.1, 0.15) is 0 Å². The second kappa shape index (κ2) is 14.5. The fourth-order valence-corrected chi connectivity index (χ4v) is 11.5. The molecular weight excluding hydrogens is 793 g/mol. The summed E-state index contributed by atoms with van der Waals surface area (Å²) in [5.41, 5.74) is 14.8. The smallest absolute Gasteiger partial charge is 0.00199 e. The van der Waals surface area contributed by atoms with E-state index in [-0.39, 0.29) is 0 Å². The Balaban J connectivity index is 0.998. The minimum absolute atomic E-state index is 1.22. The third kappa shape index (κ3) is 5.46. The van der Waals surface area contributed by atoms with Crippen LogP contribution in [-0.2, 0) is 0 Å². The molecule has 0 aliphatic carbocycles. The van der Waals surface area contributed by atoms with E-state index >= 15 is 0 Å². The number of rotatable bonds is 6. The summed E-state index contributed by atoms with van der Waals surface area (Å²) < 4.78 is 0. The van der Waals surface area contributed by atoms with Crippen LogP contribution in [-0.4, -0.2) is 0 Å². The lowest BCUT2D eigenvalue weighted by Crippen LogP contribution is -1.90. The molecule has 0 radical (unpaired) electrons. The fourth-order valence-electron chi connectivity index (χ4n) is 11.5. The van der Waals surface area contributed by atoms with E-state index in [2.05, 4.69) is 243 Å². The first-order chi connectivity index (χ1) is 32.8. The van der Waals surface area contributed by atoms with E-state index in [9.17, 15) is 0 Å². The number of benzene rings is 12. The molecule has 0 heteroatoms. The van der Waals surface area contributed by atoms with Gasteiger partial charge in [0.1, 0.15) is 0 Å². The van der Waals surface area contributed by atoms with Crippen molar-refractivity contribution in [3.8, 4) is 66.8 Å². The van der Waals surface area contributed by atoms with Crippen LogP contribution in [0, 0.1) is 0 Å². The van der Waals surface area contributed by atoms with Crippen molar-refractivity contribution in [2.75, 3.05) is 0 Å². The molecule has 0 fully saturated rings. The molecule has 0 aliphatic heterocycles. The molecule has 0 nitrogen and oxygen atoms in total. The van der Waals surface area contributed by atoms with E-state index in [0.29, 0.717) is 0 Å². The summed E-state index contributed by atoms with van der Waals surface area (Å²) in [4.78, 5) is 0. The Bertz CT molecular complexity index is 3780. The van der Waals surface area contributed by atoms with Gasteiger partial charge in [0.2, 0.25) is 0 Å². The van der Waals surface area contributed by atoms with E-state index in [1.54, 1.807) is 0 Å². The number of hydrogen-bond acceptors (Lipinski definition) is 0. The summed E-state index contributed by atoms with van der Waals surface area (Å²) in [5, 5.41) is 18.4. The first-order valence-electron chi connectivity index (χ1n) is 23.0. The van der Waals surface area contributed by atoms with Crippen molar-refractivity contribution in [2.45, 2.75) is 0 Å². The van der Waals surface area contributed by atoms with Gasteiger partial charge in [0.15, 0.2) is 0 Å². The van der Waals surface area contributed by atoms with Crippen molar-refractivity contribution < 1.29 is 0 Å². The maximum Gasteiger partial charge on any atom is -0.00199 e. The molecule has 0 N–H and O–H groups in total. The van der Waals surface area contributed by atoms with E-state index < -0.39 is 0 Å². The van der Waals surface area contributed by atoms with Crippen LogP contribution in [0.2, 0.25) is 0 Å². The number of hydrogen-bond donors (Lipinski definition) is 0. The van der Waals surface area contributed by atoms with E-state index in [4.69, 9.17) is 0 Å². The average molecular weight is 833 g/mol. The molecule has 14 aromatic rings. The molecule has 0 saturated carbocycles. The van der Waals surface area contributed by atoms with Crippen LogP contribution in [0.5, 0.6) is 0 Å². The van der Waals surface area contributed by atoms with Crippen LogP contribution in [0.15, 0.2) is 243 Å². The first-order valence-corrected chi connectivity index (χ1v) is 23.0. The van der Waals surface area contributed by atoms with Gasteiger partial charge in [-0.1, -0.05) is 218 Å². The summed E-state index contributed by atoms with van der Waals surface area (Å²) in [6.45, 7) is 0. The second-order valence-corrected chi connectivity index (χ2v) is 17.8. The zero-order chi connectivity index (χ0) is 43.3. The molecule has 0 bridgehead atoms. The Labute approximate surface area is 383 Å². The molecule has 0 aromatic heterocycles. The SMILES string of the molecule is c1ccc(-c2cccc(-c3ccccc3)c2-c2ccc3c(c2)c2cccc4c5cc6c7ccc(-c8c(-c9ccccc9)cccc8-c8ccccc8)cc7c7cccc(c5cc3c24)c76)cc1. The molecule has 66 heavy (non-hydrogen) atoms. The van der Waals surface area contributed by atoms with Gasteiger partial charge in [-0.2, -0.15) is 0 Å². The lowest BCUT2D eigenvalue weighted by atomic mass is 9.87. The van der Waals surface area contributed by atoms with Crippen LogP contribution in [0.3, 0.4) is 0 Å². The van der Waals surface area contributed by atoms with Crippen LogP contribution in [0.25, 0.3) is 142 Å². The van der Waals surface area contributed by atoms with Crippen LogP contribution in [0.4, 0.5) is 0 Å². The lowest BCUT2D eigenvalue weighted by molar-refractivity contribution is 1.57. The summed E-state index contributed by atoms with van der Waals surface area (Å²) in [6.07, 6.45) is 0. The molecule has 0 unspecified atom stereocenters. The van der Waals surface area contributed by atoms with Gasteiger partial charge in [-0.05, 0) is 166 Å². The van der Waals surface area contributed by atoms with E-state index in [1.807, 2.05) is 0 Å². The van der Waals surface area contributed by atoms with Crippen molar-refractivity contribution in [2.24, 2.45) is 0 Å². The fraction of sp³-hybridized carbons (Fsp3) is 0. The Morgan fingerprint density at radius 3 is 0.758 bits per heavy atom. The topological polar surface area (TPSA) is 0 Å². The van der Waals surface area contributed by atoms with Gasteiger partial charge in [-0.15, -0.1) is 0 Å². The highest BCUT2D eigenvalue weighted by Crippen LogP contribution is 2.50. The molecule has 14 aromatic carbocycles. The second-order valence-electron chi connectivity index (χ2n) is 17.8. The van der Waals surface area contributed by atoms with Crippen molar-refractivity contribution in [3.05, 3.63) is 243 Å². The summed E-state index contributed by atoms with van der Waals surface area (Å²) in [7, 11) is 0. The van der Waals surface area contributed by atoms with Crippen molar-refractivity contribution in [3.63, 3.8) is 0 Å². The highest BCUT2D eigenvalue weighted by molar-refractivity contribution is 6.41. The van der Waals surface area contributed by atoms with Gasteiger partial charge < -0.3 is 0 Å². The summed E-state index contributed by atoms with van der Waals surface area (Å²) in [5.74, 6) is 0. The van der Waals surface area contributed by atoms with Crippen molar-refractivity contribution >= 4 is 75.4 Å². The average Bonchev–Trinajstić information content (AvgIpc) is 3.89. The van der Waals surface area contributed by atoms with E-state index in [0.717, 1.165) is 0 Å². The highest BCUT2D eigenvalue weighted by Gasteiger charge is 2.22. The van der Waals surface area contributed by atoms with Gasteiger partial charge in [0, 0.05) is 0 Å². The van der Waals surface area contributed by atoms with Crippen molar-refractivity contribution in [1.82, 2.24) is 0 Å². The Hall–Kier alpha value is -8.58. The number of fused-ring (bicyclic) bond motifs is 9. The van der Waals surface area contributed by atoms with Crippen molar-refractivity contribution in [1.29, 1.82) is 0 Å². The maximum absolute atomic E-state index is 2.50. The van der Waals surface area contributed by atoms with Gasteiger partial charge in [0.25, 0.3) is 0 Å². The molecule has 0 atom stereocenters. The summed E-state index contributed by atoms with van der Waals surface area (Å²) in [6, 6.07) is 90.1. The Morgan fingerprint density at radius 1 is 0.152 bits per heavy atom. The van der Waals surface area contributed by atoms with Crippen LogP contribution >= 0.6 is 0 Å². The minimum atomic E-state index is 1.22. The molecule has 0 amide bonds. The normalized spacial score (nSPS) is 11.9. The zero-order valence-corrected chi connectivity index (χ0v) is 36.1. The monoisotopic (exact) mass is 832 g/mol. The van der Waals surface area contributed by atoms with Gasteiger partial charge in [0.05, 0.1) is 0 Å². The lowest BCUT2D eigenvalue weighted by Gasteiger charge is -2.16. The standard InChI is InChI=1S/C66H40/c1-5-17-41(18-6-1)47-25-13-26-48(42-19-7-2-8-20-42)63(47)45-33-35-51-57(37-45)53-29-15-31-55-60-40-62-52-36-34-46(38-58(52)54-30-16-32-56(66(54)62)59(60)39-61(51)65(53)55)64-49(43-21-9-3-10-22-43)27-14-28-50(64)44-23-11-4-12-24-44/h1-40H. The molecule has 304 valence electrons. The predicted octanol–water partition coefficient (Wildman–Crippen LogP) is 18.6. The van der Waals surface area contributed by atoms with Gasteiger partial charge in [-0.25, -0.2) is 0 Å². The summed E-state index contributed by atoms with van der Waals surface area (Å²) >= 11 is 0. The quantitative estimate of drug-likeness (QED) is 0.146. The molecule has 0 saturated heterocycles. The Morgan fingerprint density at radius 2 is 0.439 bits per heavy atom. The zero-order valence-electron chi connectivity index (χ0n) is 36.1. The molecule has 0 aliphatic rings. The largest absolute Gasteiger partial charge is 0.0622 e. The molecule has 0 spiro atoms.